The number of hydrogen-bond acceptors (Lipinski definition) is 5. The van der Waals surface area contributed by atoms with Crippen LogP contribution in [0.3, 0.4) is 0 Å². The topological polar surface area (TPSA) is 109 Å². The number of rotatable bonds is 5. The van der Waals surface area contributed by atoms with E-state index in [1.165, 1.54) is 30.3 Å². The second-order valence-corrected chi connectivity index (χ2v) is 7.03. The van der Waals surface area contributed by atoms with Crippen LogP contribution in [0.1, 0.15) is 11.3 Å². The number of benzene rings is 2. The maximum absolute atomic E-state index is 12.4. The fraction of sp³-hybridized carbons (Fsp3) is 0.0476. The van der Waals surface area contributed by atoms with Crippen LogP contribution in [-0.2, 0) is 4.79 Å². The number of carbonyl (C=O) groups excluding carboxylic acids is 1. The quantitative estimate of drug-likeness (QED) is 0.225. The van der Waals surface area contributed by atoms with Crippen molar-refractivity contribution in [3.05, 3.63) is 85.6 Å². The average Bonchev–Trinajstić information content (AvgIpc) is 3.17. The summed E-state index contributed by atoms with van der Waals surface area (Å²) in [7, 11) is 0. The minimum absolute atomic E-state index is 0.0198. The molecule has 0 atom stereocenters. The molecule has 0 aliphatic heterocycles. The van der Waals surface area contributed by atoms with Gasteiger partial charge in [-0.05, 0) is 48.9 Å². The van der Waals surface area contributed by atoms with Gasteiger partial charge in [0.2, 0.25) is 0 Å². The smallest absolute Gasteiger partial charge is 0.269 e. The fourth-order valence-electron chi connectivity index (χ4n) is 2.68. The lowest BCUT2D eigenvalue weighted by Crippen LogP contribution is -2.13. The lowest BCUT2D eigenvalue weighted by Gasteiger charge is -2.05. The molecule has 0 unspecified atom stereocenters. The first-order valence-electron chi connectivity index (χ1n) is 8.52. The van der Waals surface area contributed by atoms with E-state index < -0.39 is 10.8 Å². The predicted octanol–water partition coefficient (Wildman–Crippen LogP) is 6.02. The van der Waals surface area contributed by atoms with Crippen molar-refractivity contribution in [1.82, 2.24) is 0 Å². The average molecular weight is 442 g/mol. The SMILES string of the molecule is Cc1cc([N+](=O)[O-])ccc1-c1ccc(/C=C(/C#N)C(=O)Nc2ccc(Cl)c(Cl)c2)o1. The summed E-state index contributed by atoms with van der Waals surface area (Å²) < 4.78 is 5.70. The van der Waals surface area contributed by atoms with Gasteiger partial charge >= 0.3 is 0 Å². The zero-order valence-corrected chi connectivity index (χ0v) is 17.0. The largest absolute Gasteiger partial charge is 0.457 e. The van der Waals surface area contributed by atoms with Crippen LogP contribution in [0.25, 0.3) is 17.4 Å². The number of nitro benzene ring substituents is 1. The molecule has 30 heavy (non-hydrogen) atoms. The zero-order chi connectivity index (χ0) is 21.8. The summed E-state index contributed by atoms with van der Waals surface area (Å²) in [5.41, 5.74) is 1.51. The Kier molecular flexibility index (Phi) is 6.21. The van der Waals surface area contributed by atoms with E-state index in [1.807, 2.05) is 6.07 Å². The van der Waals surface area contributed by atoms with Crippen molar-refractivity contribution < 1.29 is 14.1 Å². The molecule has 1 heterocycles. The van der Waals surface area contributed by atoms with E-state index in [0.717, 1.165) is 0 Å². The first-order valence-corrected chi connectivity index (χ1v) is 9.27. The number of anilines is 1. The Morgan fingerprint density at radius 2 is 1.93 bits per heavy atom. The Morgan fingerprint density at radius 1 is 1.17 bits per heavy atom. The highest BCUT2D eigenvalue weighted by Crippen LogP contribution is 2.29. The number of carbonyl (C=O) groups is 1. The molecule has 9 heteroatoms. The van der Waals surface area contributed by atoms with Crippen molar-refractivity contribution in [3.63, 3.8) is 0 Å². The van der Waals surface area contributed by atoms with Gasteiger partial charge in [-0.1, -0.05) is 23.2 Å². The molecule has 0 saturated carbocycles. The Bertz CT molecular complexity index is 1230. The molecule has 7 nitrogen and oxygen atoms in total. The highest BCUT2D eigenvalue weighted by molar-refractivity contribution is 6.42. The lowest BCUT2D eigenvalue weighted by atomic mass is 10.1. The number of nitrogens with zero attached hydrogens (tertiary/aromatic N) is 2. The molecular formula is C21H13Cl2N3O4. The van der Waals surface area contributed by atoms with Crippen LogP contribution in [0.15, 0.2) is 58.5 Å². The number of hydrogen-bond donors (Lipinski definition) is 1. The second kappa shape index (κ2) is 8.82. The third-order valence-electron chi connectivity index (χ3n) is 4.14. The molecule has 0 radical (unpaired) electrons. The number of non-ortho nitro benzene ring substituents is 1. The van der Waals surface area contributed by atoms with E-state index in [2.05, 4.69) is 5.32 Å². The van der Waals surface area contributed by atoms with E-state index in [4.69, 9.17) is 27.6 Å². The molecule has 150 valence electrons. The van der Waals surface area contributed by atoms with Crippen molar-refractivity contribution >= 4 is 46.6 Å². The molecule has 0 aliphatic carbocycles. The van der Waals surface area contributed by atoms with Crippen LogP contribution in [0.4, 0.5) is 11.4 Å². The van der Waals surface area contributed by atoms with Gasteiger partial charge in [0.1, 0.15) is 23.2 Å². The number of halogens is 2. The highest BCUT2D eigenvalue weighted by atomic mass is 35.5. The molecule has 0 fully saturated rings. The van der Waals surface area contributed by atoms with Gasteiger partial charge in [0, 0.05) is 29.5 Å². The van der Waals surface area contributed by atoms with Crippen molar-refractivity contribution in [2.45, 2.75) is 6.92 Å². The van der Waals surface area contributed by atoms with Crippen molar-refractivity contribution in [2.24, 2.45) is 0 Å². The Labute approximate surface area is 181 Å². The summed E-state index contributed by atoms with van der Waals surface area (Å²) in [6.45, 7) is 1.73. The summed E-state index contributed by atoms with van der Waals surface area (Å²) in [5.74, 6) is 0.0970. The molecule has 3 rings (SSSR count). The van der Waals surface area contributed by atoms with Crippen LogP contribution in [0.5, 0.6) is 0 Å². The Hall–Kier alpha value is -3.60. The molecule has 1 amide bonds. The zero-order valence-electron chi connectivity index (χ0n) is 15.5. The van der Waals surface area contributed by atoms with Gasteiger partial charge in [-0.15, -0.1) is 0 Å². The molecule has 0 aliphatic rings. The van der Waals surface area contributed by atoms with Crippen LogP contribution >= 0.6 is 23.2 Å². The van der Waals surface area contributed by atoms with Gasteiger partial charge in [0.05, 0.1) is 15.0 Å². The van der Waals surface area contributed by atoms with Gasteiger partial charge < -0.3 is 9.73 Å². The Balaban J connectivity index is 1.83. The summed E-state index contributed by atoms with van der Waals surface area (Å²) in [6, 6.07) is 14.1. The molecule has 0 bridgehead atoms. The van der Waals surface area contributed by atoms with Crippen LogP contribution in [-0.4, -0.2) is 10.8 Å². The maximum Gasteiger partial charge on any atom is 0.269 e. The molecule has 3 aromatic rings. The molecule has 1 N–H and O–H groups in total. The number of nitriles is 1. The van der Waals surface area contributed by atoms with Crippen LogP contribution < -0.4 is 5.32 Å². The normalized spacial score (nSPS) is 11.1. The van der Waals surface area contributed by atoms with E-state index in [0.29, 0.717) is 27.6 Å². The first-order chi connectivity index (χ1) is 14.3. The van der Waals surface area contributed by atoms with Crippen molar-refractivity contribution in [1.29, 1.82) is 5.26 Å². The summed E-state index contributed by atoms with van der Waals surface area (Å²) in [4.78, 5) is 22.8. The van der Waals surface area contributed by atoms with Crippen molar-refractivity contribution in [2.75, 3.05) is 5.32 Å². The molecule has 2 aromatic carbocycles. The number of nitrogens with one attached hydrogen (secondary N) is 1. The van der Waals surface area contributed by atoms with Crippen LogP contribution in [0.2, 0.25) is 10.0 Å². The van der Waals surface area contributed by atoms with E-state index >= 15 is 0 Å². The van der Waals surface area contributed by atoms with Gasteiger partial charge in [-0.3, -0.25) is 14.9 Å². The second-order valence-electron chi connectivity index (χ2n) is 6.21. The minimum atomic E-state index is -0.639. The van der Waals surface area contributed by atoms with Gasteiger partial charge in [-0.25, -0.2) is 0 Å². The van der Waals surface area contributed by atoms with E-state index in [1.54, 1.807) is 31.2 Å². The number of aryl methyl sites for hydroxylation is 1. The first kappa shape index (κ1) is 21.1. The maximum atomic E-state index is 12.4. The highest BCUT2D eigenvalue weighted by Gasteiger charge is 2.14. The van der Waals surface area contributed by atoms with Gasteiger partial charge in [-0.2, -0.15) is 5.26 Å². The van der Waals surface area contributed by atoms with E-state index in [9.17, 15) is 20.2 Å². The number of furan rings is 1. The van der Waals surface area contributed by atoms with Gasteiger partial charge in [0.15, 0.2) is 0 Å². The molecule has 0 saturated heterocycles. The standard InChI is InChI=1S/C21H13Cl2N3O4/c1-12-8-15(26(28)29)3-5-17(12)20-7-4-16(30-20)9-13(11-24)21(27)25-14-2-6-18(22)19(23)10-14/h2-10H,1H3,(H,25,27)/b13-9-. The number of nitro groups is 1. The summed E-state index contributed by atoms with van der Waals surface area (Å²) >= 11 is 11.8. The van der Waals surface area contributed by atoms with Gasteiger partial charge in [0.25, 0.3) is 11.6 Å². The minimum Gasteiger partial charge on any atom is -0.457 e. The molecular weight excluding hydrogens is 429 g/mol. The van der Waals surface area contributed by atoms with Crippen LogP contribution in [0, 0.1) is 28.4 Å². The monoisotopic (exact) mass is 441 g/mol. The predicted molar refractivity (Wildman–Crippen MR) is 114 cm³/mol. The third kappa shape index (κ3) is 4.69. The van der Waals surface area contributed by atoms with E-state index in [-0.39, 0.29) is 22.0 Å². The summed E-state index contributed by atoms with van der Waals surface area (Å²) in [6.07, 6.45) is 1.30. The Morgan fingerprint density at radius 3 is 2.57 bits per heavy atom. The third-order valence-corrected chi connectivity index (χ3v) is 4.88. The fourth-order valence-corrected chi connectivity index (χ4v) is 2.97. The molecule has 0 spiro atoms. The number of amides is 1. The summed E-state index contributed by atoms with van der Waals surface area (Å²) in [5, 5.41) is 23.4. The lowest BCUT2D eigenvalue weighted by molar-refractivity contribution is -0.384. The molecule has 1 aromatic heterocycles. The van der Waals surface area contributed by atoms with Crippen molar-refractivity contribution in [3.8, 4) is 17.4 Å².